The molecule has 0 saturated heterocycles. The molecule has 0 spiro atoms. The molecule has 2 atom stereocenters. The van der Waals surface area contributed by atoms with Crippen molar-refractivity contribution in [1.29, 1.82) is 0 Å². The maximum Gasteiger partial charge on any atom is 0.123 e. The van der Waals surface area contributed by atoms with Gasteiger partial charge >= 0.3 is 0 Å². The minimum absolute atomic E-state index is 0.112. The van der Waals surface area contributed by atoms with Crippen molar-refractivity contribution < 1.29 is 4.39 Å². The van der Waals surface area contributed by atoms with Gasteiger partial charge in [-0.15, -0.1) is 0 Å². The maximum absolute atomic E-state index is 13.2. The Morgan fingerprint density at radius 3 is 2.88 bits per heavy atom. The van der Waals surface area contributed by atoms with E-state index in [9.17, 15) is 4.39 Å². The van der Waals surface area contributed by atoms with Gasteiger partial charge in [0, 0.05) is 0 Å². The largest absolute Gasteiger partial charge is 0.317 e. The highest BCUT2D eigenvalue weighted by atomic mass is 19.1. The van der Waals surface area contributed by atoms with Crippen LogP contribution in [0.5, 0.6) is 0 Å². The molecule has 1 aliphatic carbocycles. The fourth-order valence-electron chi connectivity index (χ4n) is 2.76. The van der Waals surface area contributed by atoms with Crippen LogP contribution in [0.2, 0.25) is 0 Å². The van der Waals surface area contributed by atoms with Crippen LogP contribution in [0.25, 0.3) is 0 Å². The van der Waals surface area contributed by atoms with Crippen molar-refractivity contribution in [3.05, 3.63) is 35.6 Å². The first kappa shape index (κ1) is 11.6. The third kappa shape index (κ3) is 1.99. The average molecular weight is 221 g/mol. The maximum atomic E-state index is 13.2. The summed E-state index contributed by atoms with van der Waals surface area (Å²) in [7, 11) is 0. The molecule has 1 aliphatic rings. The first-order valence-corrected chi connectivity index (χ1v) is 6.19. The number of rotatable bonds is 5. The fourth-order valence-corrected chi connectivity index (χ4v) is 2.76. The molecule has 0 amide bonds. The predicted octanol–water partition coefficient (Wildman–Crippen LogP) is 3.10. The number of benzene rings is 1. The van der Waals surface area contributed by atoms with Gasteiger partial charge in [0.1, 0.15) is 5.82 Å². The summed E-state index contributed by atoms with van der Waals surface area (Å²) in [5.74, 6) is 0.568. The number of hydrogen-bond donors (Lipinski definition) is 1. The molecule has 1 saturated carbocycles. The molecule has 16 heavy (non-hydrogen) atoms. The smallest absolute Gasteiger partial charge is 0.123 e. The Morgan fingerprint density at radius 1 is 1.44 bits per heavy atom. The first-order valence-electron chi connectivity index (χ1n) is 6.19. The standard InChI is InChI=1S/C14H20FN/c1-3-14(9-12(14)10-16-4-2)11-6-5-7-13(15)8-11/h5-8,12,16H,3-4,9-10H2,1-2H3. The van der Waals surface area contributed by atoms with Crippen LogP contribution in [-0.4, -0.2) is 13.1 Å². The van der Waals surface area contributed by atoms with Gasteiger partial charge in [-0.2, -0.15) is 0 Å². The lowest BCUT2D eigenvalue weighted by Gasteiger charge is -2.16. The molecule has 2 unspecified atom stereocenters. The van der Waals surface area contributed by atoms with Gasteiger partial charge in [0.25, 0.3) is 0 Å². The van der Waals surface area contributed by atoms with Crippen LogP contribution in [0.1, 0.15) is 32.3 Å². The van der Waals surface area contributed by atoms with E-state index in [0.29, 0.717) is 5.92 Å². The van der Waals surface area contributed by atoms with E-state index >= 15 is 0 Å². The summed E-state index contributed by atoms with van der Waals surface area (Å²) in [5, 5.41) is 3.39. The third-order valence-corrected chi connectivity index (χ3v) is 3.90. The molecule has 0 aliphatic heterocycles. The van der Waals surface area contributed by atoms with Crippen LogP contribution >= 0.6 is 0 Å². The zero-order valence-electron chi connectivity index (χ0n) is 10.1. The Morgan fingerprint density at radius 2 is 2.25 bits per heavy atom. The summed E-state index contributed by atoms with van der Waals surface area (Å²) in [5.41, 5.74) is 1.42. The molecule has 0 radical (unpaired) electrons. The van der Waals surface area contributed by atoms with Crippen molar-refractivity contribution in [2.75, 3.05) is 13.1 Å². The second kappa shape index (κ2) is 4.54. The summed E-state index contributed by atoms with van der Waals surface area (Å²) >= 11 is 0. The minimum atomic E-state index is -0.112. The molecule has 1 nitrogen and oxygen atoms in total. The topological polar surface area (TPSA) is 12.0 Å². The van der Waals surface area contributed by atoms with Gasteiger partial charge in [-0.1, -0.05) is 26.0 Å². The quantitative estimate of drug-likeness (QED) is 0.805. The lowest BCUT2D eigenvalue weighted by molar-refractivity contribution is 0.541. The monoisotopic (exact) mass is 221 g/mol. The molecule has 88 valence electrons. The molecule has 1 fully saturated rings. The lowest BCUT2D eigenvalue weighted by Crippen LogP contribution is -2.20. The summed E-state index contributed by atoms with van der Waals surface area (Å²) in [4.78, 5) is 0. The van der Waals surface area contributed by atoms with Crippen molar-refractivity contribution in [2.45, 2.75) is 32.1 Å². The second-order valence-electron chi connectivity index (χ2n) is 4.73. The highest BCUT2D eigenvalue weighted by Crippen LogP contribution is 2.56. The fraction of sp³-hybridized carbons (Fsp3) is 0.571. The Kier molecular flexibility index (Phi) is 3.29. The number of halogens is 1. The normalized spacial score (nSPS) is 28.1. The number of hydrogen-bond acceptors (Lipinski definition) is 1. The molecule has 1 aromatic rings. The second-order valence-corrected chi connectivity index (χ2v) is 4.73. The van der Waals surface area contributed by atoms with Crippen LogP contribution in [0.4, 0.5) is 4.39 Å². The van der Waals surface area contributed by atoms with Gasteiger partial charge < -0.3 is 5.32 Å². The zero-order chi connectivity index (χ0) is 11.6. The zero-order valence-corrected chi connectivity index (χ0v) is 10.1. The SMILES string of the molecule is CCNCC1CC1(CC)c1cccc(F)c1. The Bertz CT molecular complexity index is 364. The van der Waals surface area contributed by atoms with Gasteiger partial charge in [-0.05, 0) is 55.0 Å². The highest BCUT2D eigenvalue weighted by molar-refractivity contribution is 5.34. The van der Waals surface area contributed by atoms with Crippen molar-refractivity contribution >= 4 is 0 Å². The van der Waals surface area contributed by atoms with E-state index in [-0.39, 0.29) is 11.2 Å². The van der Waals surface area contributed by atoms with E-state index < -0.39 is 0 Å². The minimum Gasteiger partial charge on any atom is -0.317 e. The molecule has 0 heterocycles. The van der Waals surface area contributed by atoms with Gasteiger partial charge in [0.15, 0.2) is 0 Å². The first-order chi connectivity index (χ1) is 7.73. The molecule has 1 aromatic carbocycles. The molecule has 0 bridgehead atoms. The van der Waals surface area contributed by atoms with Crippen LogP contribution < -0.4 is 5.32 Å². The molecule has 2 rings (SSSR count). The summed E-state index contributed by atoms with van der Waals surface area (Å²) in [6.45, 7) is 6.40. The van der Waals surface area contributed by atoms with Crippen LogP contribution in [0.3, 0.4) is 0 Å². The van der Waals surface area contributed by atoms with E-state index in [0.717, 1.165) is 19.5 Å². The average Bonchev–Trinajstić information content (AvgIpc) is 3.01. The predicted molar refractivity (Wildman–Crippen MR) is 65.0 cm³/mol. The molecular formula is C14H20FN. The van der Waals surface area contributed by atoms with Gasteiger partial charge in [-0.3, -0.25) is 0 Å². The van der Waals surface area contributed by atoms with Crippen LogP contribution in [0, 0.1) is 11.7 Å². The van der Waals surface area contributed by atoms with E-state index in [1.165, 1.54) is 18.1 Å². The number of nitrogens with one attached hydrogen (secondary N) is 1. The van der Waals surface area contributed by atoms with Crippen LogP contribution in [0.15, 0.2) is 24.3 Å². The summed E-state index contributed by atoms with van der Waals surface area (Å²) in [6, 6.07) is 7.12. The summed E-state index contributed by atoms with van der Waals surface area (Å²) < 4.78 is 13.2. The van der Waals surface area contributed by atoms with E-state index in [2.05, 4.69) is 25.2 Å². The van der Waals surface area contributed by atoms with Crippen molar-refractivity contribution in [1.82, 2.24) is 5.32 Å². The third-order valence-electron chi connectivity index (χ3n) is 3.90. The van der Waals surface area contributed by atoms with Crippen molar-refractivity contribution in [3.8, 4) is 0 Å². The van der Waals surface area contributed by atoms with E-state index in [4.69, 9.17) is 0 Å². The van der Waals surface area contributed by atoms with Gasteiger partial charge in [0.05, 0.1) is 0 Å². The van der Waals surface area contributed by atoms with Gasteiger partial charge in [-0.25, -0.2) is 4.39 Å². The Balaban J connectivity index is 2.12. The molecular weight excluding hydrogens is 201 g/mol. The highest BCUT2D eigenvalue weighted by Gasteiger charge is 2.53. The summed E-state index contributed by atoms with van der Waals surface area (Å²) in [6.07, 6.45) is 2.30. The van der Waals surface area contributed by atoms with E-state index in [1.807, 2.05) is 6.07 Å². The molecule has 2 heteroatoms. The molecule has 1 N–H and O–H groups in total. The van der Waals surface area contributed by atoms with Gasteiger partial charge in [0.2, 0.25) is 0 Å². The molecule has 0 aromatic heterocycles. The Labute approximate surface area is 97.1 Å². The van der Waals surface area contributed by atoms with Crippen molar-refractivity contribution in [2.24, 2.45) is 5.92 Å². The Hall–Kier alpha value is -0.890. The van der Waals surface area contributed by atoms with Crippen molar-refractivity contribution in [3.63, 3.8) is 0 Å². The lowest BCUT2D eigenvalue weighted by atomic mass is 9.90. The van der Waals surface area contributed by atoms with Crippen LogP contribution in [-0.2, 0) is 5.41 Å². The van der Waals surface area contributed by atoms with E-state index in [1.54, 1.807) is 6.07 Å².